The standard InChI is InChI=1S/C10H13NO2S/c1-8-10(13-14(12)11(8)2)9-6-4-3-5-7-9/h3-8,10H,1-2H3/t8-,10+,14+/m0/s1. The van der Waals surface area contributed by atoms with Crippen LogP contribution in [0.5, 0.6) is 0 Å². The first-order chi connectivity index (χ1) is 6.70. The molecule has 0 unspecified atom stereocenters. The molecule has 76 valence electrons. The maximum atomic E-state index is 11.4. The Labute approximate surface area is 86.5 Å². The minimum absolute atomic E-state index is 0.0815. The summed E-state index contributed by atoms with van der Waals surface area (Å²) in [4.78, 5) is 0. The molecular weight excluding hydrogens is 198 g/mol. The third-order valence-corrected chi connectivity index (χ3v) is 3.74. The van der Waals surface area contributed by atoms with Crippen LogP contribution in [0, 0.1) is 0 Å². The Hall–Kier alpha value is -0.710. The van der Waals surface area contributed by atoms with Crippen molar-refractivity contribution in [1.29, 1.82) is 0 Å². The van der Waals surface area contributed by atoms with Crippen molar-refractivity contribution in [3.63, 3.8) is 0 Å². The van der Waals surface area contributed by atoms with Crippen molar-refractivity contribution >= 4 is 11.3 Å². The second-order valence-electron chi connectivity index (χ2n) is 3.43. The molecule has 3 nitrogen and oxygen atoms in total. The van der Waals surface area contributed by atoms with Crippen molar-refractivity contribution in [2.75, 3.05) is 7.05 Å². The molecule has 1 fully saturated rings. The molecule has 0 amide bonds. The van der Waals surface area contributed by atoms with Crippen molar-refractivity contribution in [3.8, 4) is 0 Å². The number of benzene rings is 1. The van der Waals surface area contributed by atoms with Crippen LogP contribution in [0.25, 0.3) is 0 Å². The molecule has 2 rings (SSSR count). The summed E-state index contributed by atoms with van der Waals surface area (Å²) in [6.45, 7) is 2.02. The number of likely N-dealkylation sites (N-methyl/N-ethyl adjacent to an activating group) is 1. The van der Waals surface area contributed by atoms with Gasteiger partial charge in [0.1, 0.15) is 6.10 Å². The van der Waals surface area contributed by atoms with Crippen LogP contribution >= 0.6 is 0 Å². The van der Waals surface area contributed by atoms with E-state index in [4.69, 9.17) is 4.18 Å². The molecule has 1 aliphatic heterocycles. The minimum atomic E-state index is -1.29. The number of hydrogen-bond donors (Lipinski definition) is 0. The molecule has 14 heavy (non-hydrogen) atoms. The molecule has 1 aromatic carbocycles. The van der Waals surface area contributed by atoms with Gasteiger partial charge in [0.15, 0.2) is 0 Å². The average molecular weight is 211 g/mol. The zero-order valence-corrected chi connectivity index (χ0v) is 9.03. The molecule has 4 heteroatoms. The van der Waals surface area contributed by atoms with E-state index in [1.54, 1.807) is 4.31 Å². The van der Waals surface area contributed by atoms with E-state index in [1.807, 2.05) is 44.3 Å². The van der Waals surface area contributed by atoms with Gasteiger partial charge in [0.25, 0.3) is 0 Å². The lowest BCUT2D eigenvalue weighted by molar-refractivity contribution is 0.218. The van der Waals surface area contributed by atoms with Crippen molar-refractivity contribution in [2.24, 2.45) is 0 Å². The highest BCUT2D eigenvalue weighted by Gasteiger charge is 2.36. The van der Waals surface area contributed by atoms with E-state index in [2.05, 4.69) is 0 Å². The SMILES string of the molecule is C[C@H]1[C@H](c2ccccc2)O[S@@](=O)N1C. The largest absolute Gasteiger partial charge is 0.268 e. The number of rotatable bonds is 1. The van der Waals surface area contributed by atoms with E-state index in [0.29, 0.717) is 0 Å². The van der Waals surface area contributed by atoms with Gasteiger partial charge >= 0.3 is 0 Å². The smallest absolute Gasteiger partial charge is 0.237 e. The fraction of sp³-hybridized carbons (Fsp3) is 0.400. The molecular formula is C10H13NO2S. The van der Waals surface area contributed by atoms with Crippen molar-refractivity contribution < 1.29 is 8.39 Å². The first-order valence-corrected chi connectivity index (χ1v) is 5.60. The third-order valence-electron chi connectivity index (χ3n) is 2.56. The summed E-state index contributed by atoms with van der Waals surface area (Å²) in [5, 5.41) is 0. The lowest BCUT2D eigenvalue weighted by Gasteiger charge is -2.15. The van der Waals surface area contributed by atoms with Crippen LogP contribution in [0.1, 0.15) is 18.6 Å². The average Bonchev–Trinajstić information content (AvgIpc) is 2.47. The van der Waals surface area contributed by atoms with Gasteiger partial charge in [-0.05, 0) is 12.5 Å². The summed E-state index contributed by atoms with van der Waals surface area (Å²) < 4.78 is 18.5. The summed E-state index contributed by atoms with van der Waals surface area (Å²) in [6, 6.07) is 10.0. The Morgan fingerprint density at radius 2 is 2.00 bits per heavy atom. The summed E-state index contributed by atoms with van der Waals surface area (Å²) in [5.74, 6) is 0. The first kappa shape index (κ1) is 9.83. The lowest BCUT2D eigenvalue weighted by atomic mass is 10.0. The maximum absolute atomic E-state index is 11.4. The molecule has 1 heterocycles. The van der Waals surface area contributed by atoms with Crippen molar-refractivity contribution in [1.82, 2.24) is 4.31 Å². The molecule has 0 N–H and O–H groups in total. The second kappa shape index (κ2) is 3.81. The fourth-order valence-corrected chi connectivity index (χ4v) is 2.51. The summed E-state index contributed by atoms with van der Waals surface area (Å²) in [5.41, 5.74) is 1.08. The molecule has 0 aromatic heterocycles. The van der Waals surface area contributed by atoms with Crippen LogP contribution in [0.15, 0.2) is 30.3 Å². The van der Waals surface area contributed by atoms with Gasteiger partial charge in [-0.3, -0.25) is 4.18 Å². The van der Waals surface area contributed by atoms with E-state index >= 15 is 0 Å². The van der Waals surface area contributed by atoms with Gasteiger partial charge in [-0.15, -0.1) is 0 Å². The van der Waals surface area contributed by atoms with Gasteiger partial charge < -0.3 is 0 Å². The van der Waals surface area contributed by atoms with E-state index in [0.717, 1.165) is 5.56 Å². The van der Waals surface area contributed by atoms with Crippen molar-refractivity contribution in [2.45, 2.75) is 19.1 Å². The van der Waals surface area contributed by atoms with E-state index in [1.165, 1.54) is 0 Å². The zero-order valence-electron chi connectivity index (χ0n) is 8.21. The Morgan fingerprint density at radius 1 is 1.36 bits per heavy atom. The van der Waals surface area contributed by atoms with Gasteiger partial charge in [0, 0.05) is 7.05 Å². The van der Waals surface area contributed by atoms with Gasteiger partial charge in [0.2, 0.25) is 11.3 Å². The Kier molecular flexibility index (Phi) is 2.67. The molecule has 0 radical (unpaired) electrons. The first-order valence-electron chi connectivity index (χ1n) is 4.57. The predicted octanol–water partition coefficient (Wildman–Crippen LogP) is 1.66. The molecule has 1 aliphatic rings. The summed E-state index contributed by atoms with van der Waals surface area (Å²) in [6.07, 6.45) is -0.0815. The molecule has 3 atom stereocenters. The summed E-state index contributed by atoms with van der Waals surface area (Å²) in [7, 11) is 1.81. The molecule has 0 aliphatic carbocycles. The van der Waals surface area contributed by atoms with E-state index in [-0.39, 0.29) is 12.1 Å². The third kappa shape index (κ3) is 1.61. The summed E-state index contributed by atoms with van der Waals surface area (Å²) >= 11 is -1.29. The fourth-order valence-electron chi connectivity index (χ4n) is 1.54. The van der Waals surface area contributed by atoms with E-state index in [9.17, 15) is 4.21 Å². The molecule has 0 saturated carbocycles. The molecule has 1 saturated heterocycles. The maximum Gasteiger partial charge on any atom is 0.237 e. The van der Waals surface area contributed by atoms with Crippen LogP contribution in [-0.4, -0.2) is 21.6 Å². The van der Waals surface area contributed by atoms with Gasteiger partial charge in [-0.2, -0.15) is 4.31 Å². The topological polar surface area (TPSA) is 29.5 Å². The van der Waals surface area contributed by atoms with Crippen LogP contribution in [0.2, 0.25) is 0 Å². The quantitative estimate of drug-likeness (QED) is 0.707. The molecule has 0 spiro atoms. The number of hydrogen-bond acceptors (Lipinski definition) is 2. The zero-order chi connectivity index (χ0) is 10.1. The predicted molar refractivity (Wildman–Crippen MR) is 55.6 cm³/mol. The van der Waals surface area contributed by atoms with Crippen LogP contribution < -0.4 is 0 Å². The normalized spacial score (nSPS) is 33.4. The van der Waals surface area contributed by atoms with Gasteiger partial charge in [-0.1, -0.05) is 30.3 Å². The van der Waals surface area contributed by atoms with Crippen molar-refractivity contribution in [3.05, 3.63) is 35.9 Å². The Balaban J connectivity index is 2.26. The second-order valence-corrected chi connectivity index (χ2v) is 4.63. The van der Waals surface area contributed by atoms with Gasteiger partial charge in [0.05, 0.1) is 6.04 Å². The van der Waals surface area contributed by atoms with Crippen LogP contribution in [0.4, 0.5) is 0 Å². The van der Waals surface area contributed by atoms with Crippen LogP contribution in [-0.2, 0) is 15.4 Å². The molecule has 1 aromatic rings. The Morgan fingerprint density at radius 3 is 2.50 bits per heavy atom. The Bertz CT molecular complexity index is 341. The highest BCUT2D eigenvalue weighted by molar-refractivity contribution is 7.77. The number of nitrogens with zero attached hydrogens (tertiary/aromatic N) is 1. The lowest BCUT2D eigenvalue weighted by Crippen LogP contribution is -2.25. The monoisotopic (exact) mass is 211 g/mol. The minimum Gasteiger partial charge on any atom is -0.268 e. The van der Waals surface area contributed by atoms with E-state index < -0.39 is 11.3 Å². The highest BCUT2D eigenvalue weighted by atomic mass is 32.2. The molecule has 0 bridgehead atoms. The van der Waals surface area contributed by atoms with Gasteiger partial charge in [-0.25, -0.2) is 4.21 Å². The van der Waals surface area contributed by atoms with Crippen LogP contribution in [0.3, 0.4) is 0 Å². The highest BCUT2D eigenvalue weighted by Crippen LogP contribution is 2.32.